The van der Waals surface area contributed by atoms with Crippen molar-refractivity contribution in [3.05, 3.63) is 23.3 Å². The number of likely N-dealkylation sites (tertiary alicyclic amines) is 1. The highest BCUT2D eigenvalue weighted by Gasteiger charge is 2.28. The van der Waals surface area contributed by atoms with Gasteiger partial charge >= 0.3 is 0 Å². The number of nitrogens with zero attached hydrogens (tertiary/aromatic N) is 5. The van der Waals surface area contributed by atoms with Crippen molar-refractivity contribution >= 4 is 11.9 Å². The fraction of sp³-hybridized carbons (Fsp3) is 0.579. The molecule has 0 bridgehead atoms. The van der Waals surface area contributed by atoms with Gasteiger partial charge in [0.15, 0.2) is 0 Å². The van der Waals surface area contributed by atoms with Gasteiger partial charge in [-0.15, -0.1) is 0 Å². The van der Waals surface area contributed by atoms with Crippen molar-refractivity contribution in [2.75, 3.05) is 38.6 Å². The van der Waals surface area contributed by atoms with Crippen molar-refractivity contribution in [3.8, 4) is 11.1 Å². The third kappa shape index (κ3) is 4.27. The van der Waals surface area contributed by atoms with Crippen molar-refractivity contribution in [2.24, 2.45) is 5.73 Å². The van der Waals surface area contributed by atoms with E-state index in [1.165, 1.54) is 0 Å². The first kappa shape index (κ1) is 19.3. The molecule has 0 radical (unpaired) electrons. The first-order valence-electron chi connectivity index (χ1n) is 9.35. The second kappa shape index (κ2) is 8.04. The first-order valence-corrected chi connectivity index (χ1v) is 9.35. The molecule has 1 aliphatic rings. The van der Waals surface area contributed by atoms with Gasteiger partial charge in [0.05, 0.1) is 17.0 Å². The minimum atomic E-state index is -0.259. The van der Waals surface area contributed by atoms with Crippen molar-refractivity contribution in [2.45, 2.75) is 39.0 Å². The van der Waals surface area contributed by atoms with Gasteiger partial charge in [0, 0.05) is 51.3 Å². The largest absolute Gasteiger partial charge is 0.370 e. The average molecular weight is 372 g/mol. The van der Waals surface area contributed by atoms with Crippen LogP contribution in [0.2, 0.25) is 0 Å². The molecule has 2 aromatic rings. The summed E-state index contributed by atoms with van der Waals surface area (Å²) in [5, 5.41) is 4.10. The molecule has 0 aromatic carbocycles. The van der Waals surface area contributed by atoms with Crippen LogP contribution in [0.25, 0.3) is 11.1 Å². The number of aryl methyl sites for hydroxylation is 2. The van der Waals surface area contributed by atoms with Crippen LogP contribution in [0, 0.1) is 13.8 Å². The maximum atomic E-state index is 11.1. The number of carbonyl (C=O) groups is 1. The summed E-state index contributed by atoms with van der Waals surface area (Å²) in [7, 11) is 3.88. The molecule has 1 amide bonds. The zero-order chi connectivity index (χ0) is 19.6. The van der Waals surface area contributed by atoms with E-state index in [0.29, 0.717) is 18.9 Å². The number of hydrogen-bond acceptors (Lipinski definition) is 7. The quantitative estimate of drug-likeness (QED) is 0.826. The monoisotopic (exact) mass is 372 g/mol. The van der Waals surface area contributed by atoms with Gasteiger partial charge in [-0.05, 0) is 33.2 Å². The zero-order valence-electron chi connectivity index (χ0n) is 16.5. The minimum Gasteiger partial charge on any atom is -0.370 e. The number of nitrogens with two attached hydrogens (primary N) is 1. The maximum absolute atomic E-state index is 11.1. The van der Waals surface area contributed by atoms with E-state index in [1.54, 1.807) is 0 Å². The molecule has 1 saturated heterocycles. The fourth-order valence-corrected chi connectivity index (χ4v) is 3.72. The van der Waals surface area contributed by atoms with Crippen molar-refractivity contribution < 1.29 is 9.32 Å². The molecule has 8 heteroatoms. The van der Waals surface area contributed by atoms with Crippen LogP contribution in [0.1, 0.15) is 42.3 Å². The molecule has 1 unspecified atom stereocenters. The lowest BCUT2D eigenvalue weighted by molar-refractivity contribution is -0.118. The second-order valence-electron chi connectivity index (χ2n) is 7.42. The van der Waals surface area contributed by atoms with E-state index in [1.807, 2.05) is 39.0 Å². The van der Waals surface area contributed by atoms with E-state index in [2.05, 4.69) is 15.0 Å². The van der Waals surface area contributed by atoms with Crippen LogP contribution >= 0.6 is 0 Å². The van der Waals surface area contributed by atoms with Crippen molar-refractivity contribution in [3.63, 3.8) is 0 Å². The number of amides is 1. The number of piperidine rings is 1. The standard InChI is InChI=1S/C19H28N6O2/c1-12-17(13(2)27-23-12)15-10-21-19(24(3)4)22-18(15)14-6-5-8-25(11-14)9-7-16(20)26/h10,14H,5-9,11H2,1-4H3,(H2,20,26). The second-order valence-corrected chi connectivity index (χ2v) is 7.42. The number of anilines is 1. The fourth-order valence-electron chi connectivity index (χ4n) is 3.72. The topological polar surface area (TPSA) is 101 Å². The number of primary amides is 1. The molecule has 2 N–H and O–H groups in total. The number of aromatic nitrogens is 3. The maximum Gasteiger partial charge on any atom is 0.225 e. The molecule has 2 aromatic heterocycles. The molecular formula is C19H28N6O2. The van der Waals surface area contributed by atoms with E-state index in [4.69, 9.17) is 15.2 Å². The van der Waals surface area contributed by atoms with Crippen LogP contribution in [0.5, 0.6) is 0 Å². The Morgan fingerprint density at radius 1 is 1.41 bits per heavy atom. The lowest BCUT2D eigenvalue weighted by Gasteiger charge is -2.33. The summed E-state index contributed by atoms with van der Waals surface area (Å²) in [6.45, 7) is 6.39. The van der Waals surface area contributed by atoms with E-state index in [9.17, 15) is 4.79 Å². The molecule has 146 valence electrons. The van der Waals surface area contributed by atoms with Gasteiger partial charge in [-0.25, -0.2) is 9.97 Å². The Bertz CT molecular complexity index is 797. The molecule has 3 rings (SSSR count). The molecular weight excluding hydrogens is 344 g/mol. The molecule has 0 spiro atoms. The van der Waals surface area contributed by atoms with Crippen LogP contribution in [0.4, 0.5) is 5.95 Å². The van der Waals surface area contributed by atoms with Gasteiger partial charge in [-0.2, -0.15) is 0 Å². The lowest BCUT2D eigenvalue weighted by Crippen LogP contribution is -2.37. The molecule has 3 heterocycles. The first-order chi connectivity index (χ1) is 12.9. The van der Waals surface area contributed by atoms with Crippen molar-refractivity contribution in [1.29, 1.82) is 0 Å². The zero-order valence-corrected chi connectivity index (χ0v) is 16.5. The third-order valence-electron chi connectivity index (χ3n) is 5.07. The normalized spacial score (nSPS) is 17.9. The van der Waals surface area contributed by atoms with E-state index in [0.717, 1.165) is 54.2 Å². The molecule has 8 nitrogen and oxygen atoms in total. The van der Waals surface area contributed by atoms with Crippen LogP contribution < -0.4 is 10.6 Å². The summed E-state index contributed by atoms with van der Waals surface area (Å²) < 4.78 is 5.38. The molecule has 1 aliphatic heterocycles. The molecule has 1 fully saturated rings. The summed E-state index contributed by atoms with van der Waals surface area (Å²) in [4.78, 5) is 24.8. The van der Waals surface area contributed by atoms with Gasteiger partial charge in [0.1, 0.15) is 5.76 Å². The minimum absolute atomic E-state index is 0.259. The Kier molecular flexibility index (Phi) is 5.74. The van der Waals surface area contributed by atoms with E-state index >= 15 is 0 Å². The van der Waals surface area contributed by atoms with Crippen LogP contribution in [0.15, 0.2) is 10.7 Å². The summed E-state index contributed by atoms with van der Waals surface area (Å²) in [5.41, 5.74) is 9.15. The van der Waals surface area contributed by atoms with Crippen LogP contribution in [-0.4, -0.2) is 59.7 Å². The highest BCUT2D eigenvalue weighted by atomic mass is 16.5. The Balaban J connectivity index is 1.97. The molecule has 0 saturated carbocycles. The van der Waals surface area contributed by atoms with Gasteiger partial charge in [-0.1, -0.05) is 5.16 Å². The summed E-state index contributed by atoms with van der Waals surface area (Å²) in [5.74, 6) is 1.47. The third-order valence-corrected chi connectivity index (χ3v) is 5.07. The molecule has 27 heavy (non-hydrogen) atoms. The Labute approximate surface area is 159 Å². The summed E-state index contributed by atoms with van der Waals surface area (Å²) in [6, 6.07) is 0. The summed E-state index contributed by atoms with van der Waals surface area (Å²) in [6.07, 6.45) is 4.38. The van der Waals surface area contributed by atoms with Crippen LogP contribution in [0.3, 0.4) is 0 Å². The predicted octanol–water partition coefficient (Wildman–Crippen LogP) is 1.87. The molecule has 1 atom stereocenters. The highest BCUT2D eigenvalue weighted by Crippen LogP contribution is 2.36. The van der Waals surface area contributed by atoms with Gasteiger partial charge in [0.2, 0.25) is 11.9 Å². The Morgan fingerprint density at radius 2 is 2.19 bits per heavy atom. The van der Waals surface area contributed by atoms with Crippen molar-refractivity contribution in [1.82, 2.24) is 20.0 Å². The van der Waals surface area contributed by atoms with Gasteiger partial charge in [0.25, 0.3) is 0 Å². The highest BCUT2D eigenvalue weighted by molar-refractivity contribution is 5.74. The smallest absolute Gasteiger partial charge is 0.225 e. The summed E-state index contributed by atoms with van der Waals surface area (Å²) >= 11 is 0. The Hall–Kier alpha value is -2.48. The van der Waals surface area contributed by atoms with Crippen LogP contribution in [-0.2, 0) is 4.79 Å². The Morgan fingerprint density at radius 3 is 2.81 bits per heavy atom. The van der Waals surface area contributed by atoms with Gasteiger partial charge < -0.3 is 20.1 Å². The SMILES string of the molecule is Cc1noc(C)c1-c1cnc(N(C)C)nc1C1CCCN(CCC(N)=O)C1. The average Bonchev–Trinajstić information content (AvgIpc) is 2.98. The van der Waals surface area contributed by atoms with E-state index < -0.39 is 0 Å². The number of rotatable bonds is 6. The predicted molar refractivity (Wildman–Crippen MR) is 104 cm³/mol. The number of carbonyl (C=O) groups excluding carboxylic acids is 1. The van der Waals surface area contributed by atoms with E-state index in [-0.39, 0.29) is 11.8 Å². The number of hydrogen-bond donors (Lipinski definition) is 1. The van der Waals surface area contributed by atoms with Gasteiger partial charge in [-0.3, -0.25) is 4.79 Å². The molecule has 0 aliphatic carbocycles. The lowest BCUT2D eigenvalue weighted by atomic mass is 9.89.